The fraction of sp³-hybridized carbons (Fsp3) is 0.100. The van der Waals surface area contributed by atoms with E-state index in [0.717, 1.165) is 10.2 Å². The second-order valence-corrected chi connectivity index (χ2v) is 4.33. The molecule has 2 heterocycles. The predicted molar refractivity (Wildman–Crippen MR) is 66.7 cm³/mol. The van der Waals surface area contributed by atoms with Gasteiger partial charge in [0.15, 0.2) is 11.5 Å². The lowest BCUT2D eigenvalue weighted by molar-refractivity contribution is 0.0996. The molecule has 88 valence electrons. The number of nitrogens with zero attached hydrogens (tertiary/aromatic N) is 3. The van der Waals surface area contributed by atoms with Crippen molar-refractivity contribution in [2.45, 2.75) is 6.92 Å². The van der Waals surface area contributed by atoms with Gasteiger partial charge in [-0.05, 0) is 35.0 Å². The Morgan fingerprint density at radius 2 is 2.18 bits per heavy atom. The Kier molecular flexibility index (Phi) is 2.84. The van der Waals surface area contributed by atoms with Crippen LogP contribution in [-0.2, 0) is 0 Å². The molecule has 6 nitrogen and oxygen atoms in total. The molecule has 2 aromatic heterocycles. The van der Waals surface area contributed by atoms with Crippen molar-refractivity contribution in [1.82, 2.24) is 14.8 Å². The van der Waals surface area contributed by atoms with Crippen molar-refractivity contribution >= 4 is 27.5 Å². The Balaban J connectivity index is 2.50. The number of hydrogen-bond acceptors (Lipinski definition) is 4. The molecule has 0 spiro atoms. The highest BCUT2D eigenvalue weighted by Gasteiger charge is 2.13. The van der Waals surface area contributed by atoms with E-state index in [2.05, 4.69) is 26.0 Å². The van der Waals surface area contributed by atoms with Gasteiger partial charge < -0.3 is 11.5 Å². The van der Waals surface area contributed by atoms with Crippen LogP contribution in [0.4, 0.5) is 5.69 Å². The third-order valence-electron chi connectivity index (χ3n) is 2.22. The van der Waals surface area contributed by atoms with Crippen LogP contribution in [0.3, 0.4) is 0 Å². The topological polar surface area (TPSA) is 99.8 Å². The monoisotopic (exact) mass is 295 g/mol. The van der Waals surface area contributed by atoms with Crippen LogP contribution in [-0.4, -0.2) is 20.7 Å². The van der Waals surface area contributed by atoms with Gasteiger partial charge in [0.25, 0.3) is 5.91 Å². The minimum Gasteiger partial charge on any atom is -0.396 e. The van der Waals surface area contributed by atoms with Crippen LogP contribution < -0.4 is 11.5 Å². The van der Waals surface area contributed by atoms with Crippen LogP contribution in [0.2, 0.25) is 0 Å². The van der Waals surface area contributed by atoms with E-state index in [0.29, 0.717) is 5.82 Å². The molecule has 0 radical (unpaired) electrons. The highest BCUT2D eigenvalue weighted by Crippen LogP contribution is 2.17. The molecule has 4 N–H and O–H groups in total. The molecule has 0 bridgehead atoms. The molecule has 2 aromatic rings. The number of anilines is 1. The SMILES string of the molecule is Cc1nc(-n2cc(N)c(C(N)=O)n2)ccc1Br. The summed E-state index contributed by atoms with van der Waals surface area (Å²) >= 11 is 3.35. The number of amides is 1. The maximum atomic E-state index is 11.0. The quantitative estimate of drug-likeness (QED) is 0.864. The maximum Gasteiger partial charge on any atom is 0.271 e. The van der Waals surface area contributed by atoms with E-state index in [9.17, 15) is 4.79 Å². The molecule has 0 fully saturated rings. The molecule has 0 aliphatic rings. The second-order valence-electron chi connectivity index (χ2n) is 3.48. The first-order valence-corrected chi connectivity index (χ1v) is 5.57. The van der Waals surface area contributed by atoms with Gasteiger partial charge in [-0.25, -0.2) is 9.67 Å². The lowest BCUT2D eigenvalue weighted by Gasteiger charge is -2.02. The third-order valence-corrected chi connectivity index (χ3v) is 3.06. The van der Waals surface area contributed by atoms with Gasteiger partial charge in [0.1, 0.15) is 0 Å². The van der Waals surface area contributed by atoms with Crippen LogP contribution in [0.25, 0.3) is 5.82 Å². The Labute approximate surface area is 106 Å². The Bertz CT molecular complexity index is 592. The van der Waals surface area contributed by atoms with Crippen LogP contribution >= 0.6 is 15.9 Å². The smallest absolute Gasteiger partial charge is 0.271 e. The number of carbonyl (C=O) groups excluding carboxylic acids is 1. The van der Waals surface area contributed by atoms with Gasteiger partial charge in [0.05, 0.1) is 17.6 Å². The Hall–Kier alpha value is -1.89. The first-order valence-electron chi connectivity index (χ1n) is 4.77. The van der Waals surface area contributed by atoms with Gasteiger partial charge in [0.2, 0.25) is 0 Å². The van der Waals surface area contributed by atoms with Gasteiger partial charge in [-0.3, -0.25) is 4.79 Å². The van der Waals surface area contributed by atoms with Crippen LogP contribution in [0, 0.1) is 6.92 Å². The molecule has 0 saturated carbocycles. The van der Waals surface area contributed by atoms with E-state index in [1.165, 1.54) is 10.9 Å². The van der Waals surface area contributed by atoms with Crippen molar-refractivity contribution in [3.8, 4) is 5.82 Å². The molecular formula is C10H10BrN5O. The molecule has 2 rings (SSSR count). The number of nitrogen functional groups attached to an aromatic ring is 1. The van der Waals surface area contributed by atoms with Gasteiger partial charge >= 0.3 is 0 Å². The average Bonchev–Trinajstić information content (AvgIpc) is 2.64. The first-order chi connectivity index (χ1) is 7.99. The lowest BCUT2D eigenvalue weighted by Crippen LogP contribution is -2.14. The molecule has 7 heteroatoms. The molecule has 0 aliphatic heterocycles. The highest BCUT2D eigenvalue weighted by molar-refractivity contribution is 9.10. The number of rotatable bonds is 2. The van der Waals surface area contributed by atoms with E-state index in [-0.39, 0.29) is 11.4 Å². The molecule has 1 amide bonds. The summed E-state index contributed by atoms with van der Waals surface area (Å²) in [5.74, 6) is -0.0833. The van der Waals surface area contributed by atoms with E-state index in [1.54, 1.807) is 6.07 Å². The number of pyridine rings is 1. The fourth-order valence-electron chi connectivity index (χ4n) is 1.35. The zero-order valence-electron chi connectivity index (χ0n) is 9.01. The van der Waals surface area contributed by atoms with Gasteiger partial charge in [0, 0.05) is 4.47 Å². The molecule has 0 aromatic carbocycles. The standard InChI is InChI=1S/C10H10BrN5O/c1-5-6(11)2-3-8(14-5)16-4-7(12)9(15-16)10(13)17/h2-4H,12H2,1H3,(H2,13,17). The number of aryl methyl sites for hydroxylation is 1. The van der Waals surface area contributed by atoms with E-state index in [1.807, 2.05) is 13.0 Å². The van der Waals surface area contributed by atoms with Crippen molar-refractivity contribution in [2.24, 2.45) is 5.73 Å². The van der Waals surface area contributed by atoms with E-state index < -0.39 is 5.91 Å². The van der Waals surface area contributed by atoms with Crippen molar-refractivity contribution in [3.63, 3.8) is 0 Å². The summed E-state index contributed by atoms with van der Waals surface area (Å²) in [6.07, 6.45) is 1.51. The molecule has 17 heavy (non-hydrogen) atoms. The van der Waals surface area contributed by atoms with Crippen molar-refractivity contribution in [3.05, 3.63) is 34.2 Å². The number of carbonyl (C=O) groups is 1. The fourth-order valence-corrected chi connectivity index (χ4v) is 1.58. The number of halogens is 1. The summed E-state index contributed by atoms with van der Waals surface area (Å²) in [5.41, 5.74) is 11.9. The molecule has 0 atom stereocenters. The minimum atomic E-state index is -0.657. The zero-order chi connectivity index (χ0) is 12.6. The summed E-state index contributed by atoms with van der Waals surface area (Å²) in [6.45, 7) is 1.86. The molecule has 0 saturated heterocycles. The highest BCUT2D eigenvalue weighted by atomic mass is 79.9. The van der Waals surface area contributed by atoms with Crippen molar-refractivity contribution < 1.29 is 4.79 Å². The van der Waals surface area contributed by atoms with Crippen LogP contribution in [0.1, 0.15) is 16.2 Å². The summed E-state index contributed by atoms with van der Waals surface area (Å²) in [5, 5.41) is 3.99. The Morgan fingerprint density at radius 3 is 2.71 bits per heavy atom. The maximum absolute atomic E-state index is 11.0. The van der Waals surface area contributed by atoms with Crippen molar-refractivity contribution in [2.75, 3.05) is 5.73 Å². The van der Waals surface area contributed by atoms with Crippen LogP contribution in [0.15, 0.2) is 22.8 Å². The van der Waals surface area contributed by atoms with Gasteiger partial charge in [-0.2, -0.15) is 5.10 Å². The zero-order valence-corrected chi connectivity index (χ0v) is 10.6. The number of hydrogen-bond donors (Lipinski definition) is 2. The summed E-state index contributed by atoms with van der Waals surface area (Å²) in [6, 6.07) is 3.60. The summed E-state index contributed by atoms with van der Waals surface area (Å²) < 4.78 is 2.33. The molecule has 0 aliphatic carbocycles. The predicted octanol–water partition coefficient (Wildman–Crippen LogP) is 1.02. The van der Waals surface area contributed by atoms with E-state index >= 15 is 0 Å². The summed E-state index contributed by atoms with van der Waals surface area (Å²) in [4.78, 5) is 15.3. The summed E-state index contributed by atoms with van der Waals surface area (Å²) in [7, 11) is 0. The van der Waals surface area contributed by atoms with Crippen molar-refractivity contribution in [1.29, 1.82) is 0 Å². The Morgan fingerprint density at radius 1 is 1.47 bits per heavy atom. The largest absolute Gasteiger partial charge is 0.396 e. The normalized spacial score (nSPS) is 10.5. The molecule has 0 unspecified atom stereocenters. The number of primary amides is 1. The van der Waals surface area contributed by atoms with Crippen LogP contribution in [0.5, 0.6) is 0 Å². The number of aromatic nitrogens is 3. The van der Waals surface area contributed by atoms with Gasteiger partial charge in [-0.1, -0.05) is 0 Å². The number of nitrogens with two attached hydrogens (primary N) is 2. The van der Waals surface area contributed by atoms with E-state index in [4.69, 9.17) is 11.5 Å². The molecular weight excluding hydrogens is 286 g/mol. The third kappa shape index (κ3) is 2.14. The second kappa shape index (κ2) is 4.17. The lowest BCUT2D eigenvalue weighted by atomic mass is 10.3. The first kappa shape index (κ1) is 11.6. The average molecular weight is 296 g/mol. The van der Waals surface area contributed by atoms with Gasteiger partial charge in [-0.15, -0.1) is 0 Å². The minimum absolute atomic E-state index is 0.0485.